The van der Waals surface area contributed by atoms with E-state index in [4.69, 9.17) is 0 Å². The van der Waals surface area contributed by atoms with E-state index in [9.17, 15) is 9.18 Å². The Bertz CT molecular complexity index is 957. The van der Waals surface area contributed by atoms with Gasteiger partial charge in [0.25, 0.3) is 5.91 Å². The van der Waals surface area contributed by atoms with Gasteiger partial charge in [0.2, 0.25) is 0 Å². The molecule has 3 aromatic rings. The van der Waals surface area contributed by atoms with E-state index < -0.39 is 0 Å². The summed E-state index contributed by atoms with van der Waals surface area (Å²) in [4.78, 5) is 23.3. The van der Waals surface area contributed by atoms with Crippen molar-refractivity contribution in [3.8, 4) is 0 Å². The number of anilines is 3. The van der Waals surface area contributed by atoms with Crippen molar-refractivity contribution in [2.45, 2.75) is 20.8 Å². The molecule has 0 bridgehead atoms. The highest BCUT2D eigenvalue weighted by Gasteiger charge is 2.19. The fourth-order valence-electron chi connectivity index (χ4n) is 2.80. The molecular weight excluding hydrogens is 343 g/mol. The lowest BCUT2D eigenvalue weighted by Crippen LogP contribution is -2.31. The van der Waals surface area contributed by atoms with Crippen LogP contribution >= 0.6 is 0 Å². The Morgan fingerprint density at radius 3 is 2.48 bits per heavy atom. The van der Waals surface area contributed by atoms with Crippen molar-refractivity contribution in [3.05, 3.63) is 77.5 Å². The molecule has 0 radical (unpaired) electrons. The van der Waals surface area contributed by atoms with Crippen LogP contribution in [0.5, 0.6) is 0 Å². The minimum atomic E-state index is -0.313. The standard InChI is InChI=1S/C21H21FN4O/c1-4-26(18-7-5-6-14(2)12-18)21(27)19-13-20(24-15(3)23-19)25-17-10-8-16(22)9-11-17/h5-13H,4H2,1-3H3,(H,23,24,25). The highest BCUT2D eigenvalue weighted by atomic mass is 19.1. The smallest absolute Gasteiger partial charge is 0.277 e. The molecule has 5 nitrogen and oxygen atoms in total. The third-order valence-corrected chi connectivity index (χ3v) is 4.05. The number of amides is 1. The van der Waals surface area contributed by atoms with Crippen molar-refractivity contribution in [1.29, 1.82) is 0 Å². The van der Waals surface area contributed by atoms with Gasteiger partial charge in [-0.2, -0.15) is 0 Å². The predicted octanol–water partition coefficient (Wildman–Crippen LogP) is 4.64. The molecule has 0 spiro atoms. The van der Waals surface area contributed by atoms with Crippen molar-refractivity contribution >= 4 is 23.1 Å². The van der Waals surface area contributed by atoms with Gasteiger partial charge in [0.05, 0.1) is 0 Å². The van der Waals surface area contributed by atoms with E-state index in [-0.39, 0.29) is 11.7 Å². The van der Waals surface area contributed by atoms with E-state index in [1.807, 2.05) is 38.1 Å². The van der Waals surface area contributed by atoms with E-state index in [1.54, 1.807) is 30.0 Å². The largest absolute Gasteiger partial charge is 0.340 e. The van der Waals surface area contributed by atoms with Crippen LogP contribution < -0.4 is 10.2 Å². The number of benzene rings is 2. The number of halogens is 1. The second-order valence-corrected chi connectivity index (χ2v) is 6.21. The maximum Gasteiger partial charge on any atom is 0.277 e. The summed E-state index contributed by atoms with van der Waals surface area (Å²) in [5.74, 6) is 0.450. The van der Waals surface area contributed by atoms with Gasteiger partial charge in [-0.3, -0.25) is 4.79 Å². The number of rotatable bonds is 5. The molecule has 138 valence electrons. The minimum Gasteiger partial charge on any atom is -0.340 e. The SMILES string of the molecule is CCN(C(=O)c1cc(Nc2ccc(F)cc2)nc(C)n1)c1cccc(C)c1. The Labute approximate surface area is 157 Å². The monoisotopic (exact) mass is 364 g/mol. The Hall–Kier alpha value is -3.28. The number of aromatic nitrogens is 2. The topological polar surface area (TPSA) is 58.1 Å². The normalized spacial score (nSPS) is 10.5. The van der Waals surface area contributed by atoms with Crippen LogP contribution in [0.3, 0.4) is 0 Å². The van der Waals surface area contributed by atoms with Crippen molar-refractivity contribution in [1.82, 2.24) is 9.97 Å². The minimum absolute atomic E-state index is 0.198. The van der Waals surface area contributed by atoms with Crippen LogP contribution in [0.25, 0.3) is 0 Å². The molecule has 1 N–H and O–H groups in total. The van der Waals surface area contributed by atoms with Gasteiger partial charge in [0.1, 0.15) is 23.2 Å². The van der Waals surface area contributed by atoms with E-state index in [0.29, 0.717) is 29.6 Å². The first-order valence-electron chi connectivity index (χ1n) is 8.73. The summed E-state index contributed by atoms with van der Waals surface area (Å²) in [6, 6.07) is 15.3. The third-order valence-electron chi connectivity index (χ3n) is 4.05. The van der Waals surface area contributed by atoms with Gasteiger partial charge in [-0.1, -0.05) is 12.1 Å². The first-order valence-corrected chi connectivity index (χ1v) is 8.73. The molecule has 0 saturated carbocycles. The molecule has 1 aromatic heterocycles. The van der Waals surface area contributed by atoms with Crippen LogP contribution in [-0.2, 0) is 0 Å². The van der Waals surface area contributed by atoms with Crippen LogP contribution in [0.15, 0.2) is 54.6 Å². The van der Waals surface area contributed by atoms with Crippen molar-refractivity contribution in [3.63, 3.8) is 0 Å². The lowest BCUT2D eigenvalue weighted by atomic mass is 10.2. The predicted molar refractivity (Wildman–Crippen MR) is 105 cm³/mol. The molecular formula is C21H21FN4O. The molecule has 3 rings (SSSR count). The number of hydrogen-bond donors (Lipinski definition) is 1. The summed E-state index contributed by atoms with van der Waals surface area (Å²) in [5.41, 5.74) is 2.89. The molecule has 2 aromatic carbocycles. The van der Waals surface area contributed by atoms with Crippen LogP contribution in [0, 0.1) is 19.7 Å². The number of carbonyl (C=O) groups excluding carboxylic acids is 1. The number of carbonyl (C=O) groups is 1. The highest BCUT2D eigenvalue weighted by molar-refractivity contribution is 6.05. The van der Waals surface area contributed by atoms with Gasteiger partial charge in [-0.25, -0.2) is 14.4 Å². The van der Waals surface area contributed by atoms with Crippen molar-refractivity contribution in [2.75, 3.05) is 16.8 Å². The summed E-state index contributed by atoms with van der Waals surface area (Å²) in [6.07, 6.45) is 0. The molecule has 1 amide bonds. The average Bonchev–Trinajstić information content (AvgIpc) is 2.64. The summed E-state index contributed by atoms with van der Waals surface area (Å²) in [6.45, 7) is 6.16. The molecule has 1 heterocycles. The summed E-state index contributed by atoms with van der Waals surface area (Å²) >= 11 is 0. The van der Waals surface area contributed by atoms with E-state index in [2.05, 4.69) is 15.3 Å². The first-order chi connectivity index (χ1) is 13.0. The molecule has 0 atom stereocenters. The maximum absolute atomic E-state index is 13.1. The Morgan fingerprint density at radius 1 is 1.07 bits per heavy atom. The zero-order chi connectivity index (χ0) is 19.4. The summed E-state index contributed by atoms with van der Waals surface area (Å²) < 4.78 is 13.1. The van der Waals surface area contributed by atoms with E-state index in [1.165, 1.54) is 12.1 Å². The Kier molecular flexibility index (Phi) is 5.45. The highest BCUT2D eigenvalue weighted by Crippen LogP contribution is 2.20. The van der Waals surface area contributed by atoms with Crippen LogP contribution in [0.2, 0.25) is 0 Å². The van der Waals surface area contributed by atoms with Gasteiger partial charge >= 0.3 is 0 Å². The van der Waals surface area contributed by atoms with Gasteiger partial charge < -0.3 is 10.2 Å². The van der Waals surface area contributed by atoms with Crippen LogP contribution in [-0.4, -0.2) is 22.4 Å². The quantitative estimate of drug-likeness (QED) is 0.716. The number of hydrogen-bond acceptors (Lipinski definition) is 4. The lowest BCUT2D eigenvalue weighted by molar-refractivity contribution is 0.0983. The molecule has 0 aliphatic carbocycles. The van der Waals surface area contributed by atoms with E-state index in [0.717, 1.165) is 11.3 Å². The second kappa shape index (κ2) is 7.95. The van der Waals surface area contributed by atoms with E-state index >= 15 is 0 Å². The Morgan fingerprint density at radius 2 is 1.81 bits per heavy atom. The van der Waals surface area contributed by atoms with Gasteiger partial charge in [-0.15, -0.1) is 0 Å². The van der Waals surface area contributed by atoms with Crippen LogP contribution in [0.1, 0.15) is 28.8 Å². The Balaban J connectivity index is 1.90. The number of aryl methyl sites for hydroxylation is 2. The average molecular weight is 364 g/mol. The van der Waals surface area contributed by atoms with Gasteiger partial charge in [-0.05, 0) is 62.7 Å². The molecule has 6 heteroatoms. The lowest BCUT2D eigenvalue weighted by Gasteiger charge is -2.21. The molecule has 0 unspecified atom stereocenters. The van der Waals surface area contributed by atoms with Crippen molar-refractivity contribution in [2.24, 2.45) is 0 Å². The fraction of sp³-hybridized carbons (Fsp3) is 0.190. The van der Waals surface area contributed by atoms with Crippen LogP contribution in [0.4, 0.5) is 21.6 Å². The summed E-state index contributed by atoms with van der Waals surface area (Å²) in [7, 11) is 0. The molecule has 0 saturated heterocycles. The molecule has 0 fully saturated rings. The zero-order valence-electron chi connectivity index (χ0n) is 15.5. The third kappa shape index (κ3) is 4.47. The number of nitrogens with zero attached hydrogens (tertiary/aromatic N) is 3. The van der Waals surface area contributed by atoms with Gasteiger partial charge in [0.15, 0.2) is 0 Å². The molecule has 0 aliphatic heterocycles. The number of nitrogens with one attached hydrogen (secondary N) is 1. The molecule has 27 heavy (non-hydrogen) atoms. The molecule has 0 aliphatic rings. The fourth-order valence-corrected chi connectivity index (χ4v) is 2.80. The zero-order valence-corrected chi connectivity index (χ0v) is 15.5. The summed E-state index contributed by atoms with van der Waals surface area (Å²) in [5, 5.41) is 3.08. The maximum atomic E-state index is 13.1. The second-order valence-electron chi connectivity index (χ2n) is 6.21. The first kappa shape index (κ1) is 18.5. The van der Waals surface area contributed by atoms with Gasteiger partial charge in [0, 0.05) is 24.0 Å². The van der Waals surface area contributed by atoms with Crippen molar-refractivity contribution < 1.29 is 9.18 Å².